The number of anilines is 1. The number of rotatable bonds is 7. The number of para-hydroxylation sites is 1. The molecule has 21 heavy (non-hydrogen) atoms. The van der Waals surface area contributed by atoms with Crippen LogP contribution in [0.15, 0.2) is 30.3 Å². The van der Waals surface area contributed by atoms with Crippen LogP contribution >= 0.6 is 0 Å². The summed E-state index contributed by atoms with van der Waals surface area (Å²) < 4.78 is 2.00. The third-order valence-electron chi connectivity index (χ3n) is 3.76. The summed E-state index contributed by atoms with van der Waals surface area (Å²) in [5, 5.41) is 4.53. The van der Waals surface area contributed by atoms with Crippen molar-refractivity contribution in [3.05, 3.63) is 47.3 Å². The molecule has 4 heteroatoms. The van der Waals surface area contributed by atoms with Gasteiger partial charge in [-0.25, -0.2) is 0 Å². The molecule has 2 aromatic rings. The Morgan fingerprint density at radius 3 is 2.57 bits per heavy atom. The number of aryl methyl sites for hydroxylation is 2. The maximum absolute atomic E-state index is 6.07. The van der Waals surface area contributed by atoms with Crippen LogP contribution in [0, 0.1) is 0 Å². The summed E-state index contributed by atoms with van der Waals surface area (Å²) in [6.45, 7) is 7.20. The molecule has 0 atom stereocenters. The minimum atomic E-state index is 0.873. The van der Waals surface area contributed by atoms with Gasteiger partial charge in [-0.2, -0.15) is 5.10 Å². The van der Waals surface area contributed by atoms with Crippen LogP contribution < -0.4 is 5.73 Å². The molecule has 0 fully saturated rings. The second-order valence-corrected chi connectivity index (χ2v) is 5.51. The fourth-order valence-corrected chi connectivity index (χ4v) is 2.57. The number of nitrogens with two attached hydrogens (primary N) is 1. The molecule has 0 saturated heterocycles. The molecule has 114 valence electrons. The third kappa shape index (κ3) is 4.08. The standard InChI is InChI=1S/C17H26N4/c1-4-10-21(12-14-8-6-7-9-17(14)18)13-16-11-15(5-2)19-20(16)3/h6-9,11H,4-5,10,12-13,18H2,1-3H3. The third-order valence-corrected chi connectivity index (χ3v) is 3.76. The molecule has 0 bridgehead atoms. The maximum atomic E-state index is 6.07. The Kier molecular flexibility index (Phi) is 5.39. The van der Waals surface area contributed by atoms with Crippen LogP contribution in [0.5, 0.6) is 0 Å². The average Bonchev–Trinajstić information content (AvgIpc) is 2.82. The van der Waals surface area contributed by atoms with Crippen molar-refractivity contribution in [2.75, 3.05) is 12.3 Å². The van der Waals surface area contributed by atoms with Gasteiger partial charge in [-0.05, 0) is 37.1 Å². The Hall–Kier alpha value is -1.81. The zero-order valence-corrected chi connectivity index (χ0v) is 13.3. The van der Waals surface area contributed by atoms with Gasteiger partial charge in [0, 0.05) is 25.8 Å². The first kappa shape index (κ1) is 15.6. The second-order valence-electron chi connectivity index (χ2n) is 5.51. The highest BCUT2D eigenvalue weighted by Crippen LogP contribution is 2.16. The Balaban J connectivity index is 2.11. The quantitative estimate of drug-likeness (QED) is 0.796. The molecule has 1 aromatic carbocycles. The first-order valence-electron chi connectivity index (χ1n) is 7.71. The molecule has 2 rings (SSSR count). The van der Waals surface area contributed by atoms with Crippen molar-refractivity contribution in [2.24, 2.45) is 7.05 Å². The number of hydrogen-bond acceptors (Lipinski definition) is 3. The average molecular weight is 286 g/mol. The van der Waals surface area contributed by atoms with E-state index in [-0.39, 0.29) is 0 Å². The van der Waals surface area contributed by atoms with Gasteiger partial charge >= 0.3 is 0 Å². The molecule has 0 aliphatic heterocycles. The largest absolute Gasteiger partial charge is 0.398 e. The molecule has 1 heterocycles. The summed E-state index contributed by atoms with van der Waals surface area (Å²) in [5.41, 5.74) is 10.6. The van der Waals surface area contributed by atoms with Gasteiger partial charge in [0.1, 0.15) is 0 Å². The van der Waals surface area contributed by atoms with E-state index in [1.807, 2.05) is 23.9 Å². The van der Waals surface area contributed by atoms with Crippen LogP contribution in [0.25, 0.3) is 0 Å². The molecule has 0 amide bonds. The van der Waals surface area contributed by atoms with Crippen molar-refractivity contribution >= 4 is 5.69 Å². The highest BCUT2D eigenvalue weighted by molar-refractivity contribution is 5.46. The molecule has 4 nitrogen and oxygen atoms in total. The van der Waals surface area contributed by atoms with Gasteiger partial charge in [0.15, 0.2) is 0 Å². The lowest BCUT2D eigenvalue weighted by atomic mass is 10.1. The van der Waals surface area contributed by atoms with E-state index in [2.05, 4.69) is 42.0 Å². The molecular formula is C17H26N4. The minimum absolute atomic E-state index is 0.873. The molecule has 0 spiro atoms. The van der Waals surface area contributed by atoms with Crippen LogP contribution in [-0.4, -0.2) is 21.2 Å². The van der Waals surface area contributed by atoms with Gasteiger partial charge in [-0.15, -0.1) is 0 Å². The number of nitrogen functional groups attached to an aromatic ring is 1. The topological polar surface area (TPSA) is 47.1 Å². The normalized spacial score (nSPS) is 11.2. The summed E-state index contributed by atoms with van der Waals surface area (Å²) in [4.78, 5) is 2.43. The number of nitrogens with zero attached hydrogens (tertiary/aromatic N) is 3. The fraction of sp³-hybridized carbons (Fsp3) is 0.471. The zero-order valence-electron chi connectivity index (χ0n) is 13.3. The van der Waals surface area contributed by atoms with Crippen LogP contribution in [0.4, 0.5) is 5.69 Å². The van der Waals surface area contributed by atoms with Crippen molar-refractivity contribution in [3.8, 4) is 0 Å². The molecule has 0 unspecified atom stereocenters. The van der Waals surface area contributed by atoms with Crippen LogP contribution in [-0.2, 0) is 26.6 Å². The predicted molar refractivity (Wildman–Crippen MR) is 87.8 cm³/mol. The minimum Gasteiger partial charge on any atom is -0.398 e. The summed E-state index contributed by atoms with van der Waals surface area (Å²) >= 11 is 0. The van der Waals surface area contributed by atoms with E-state index in [1.165, 1.54) is 11.3 Å². The summed E-state index contributed by atoms with van der Waals surface area (Å²) in [6, 6.07) is 10.3. The molecule has 1 aromatic heterocycles. The smallest absolute Gasteiger partial charge is 0.0625 e. The Bertz CT molecular complexity index is 574. The fourth-order valence-electron chi connectivity index (χ4n) is 2.57. The SMILES string of the molecule is CCCN(Cc1ccccc1N)Cc1cc(CC)nn1C. The van der Waals surface area contributed by atoms with E-state index in [4.69, 9.17) is 5.73 Å². The summed E-state index contributed by atoms with van der Waals surface area (Å²) in [7, 11) is 2.02. The maximum Gasteiger partial charge on any atom is 0.0625 e. The van der Waals surface area contributed by atoms with E-state index >= 15 is 0 Å². The Morgan fingerprint density at radius 2 is 1.95 bits per heavy atom. The Morgan fingerprint density at radius 1 is 1.19 bits per heavy atom. The van der Waals surface area contributed by atoms with Crippen LogP contribution in [0.1, 0.15) is 37.2 Å². The molecule has 0 aliphatic carbocycles. The van der Waals surface area contributed by atoms with Crippen molar-refractivity contribution in [2.45, 2.75) is 39.8 Å². The van der Waals surface area contributed by atoms with E-state index in [9.17, 15) is 0 Å². The van der Waals surface area contributed by atoms with Gasteiger partial charge in [0.2, 0.25) is 0 Å². The zero-order chi connectivity index (χ0) is 15.2. The van der Waals surface area contributed by atoms with Crippen LogP contribution in [0.2, 0.25) is 0 Å². The second kappa shape index (κ2) is 7.27. The lowest BCUT2D eigenvalue weighted by Crippen LogP contribution is -2.25. The molecule has 0 aliphatic rings. The van der Waals surface area contributed by atoms with Crippen LogP contribution in [0.3, 0.4) is 0 Å². The van der Waals surface area contributed by atoms with Gasteiger partial charge in [0.05, 0.1) is 11.4 Å². The first-order chi connectivity index (χ1) is 10.1. The van der Waals surface area contributed by atoms with Crippen molar-refractivity contribution in [1.82, 2.24) is 14.7 Å². The Labute approximate surface area is 127 Å². The van der Waals surface area contributed by atoms with Gasteiger partial charge < -0.3 is 5.73 Å². The highest BCUT2D eigenvalue weighted by atomic mass is 15.3. The van der Waals surface area contributed by atoms with Crippen molar-refractivity contribution in [3.63, 3.8) is 0 Å². The van der Waals surface area contributed by atoms with E-state index in [1.54, 1.807) is 0 Å². The highest BCUT2D eigenvalue weighted by Gasteiger charge is 2.11. The number of benzene rings is 1. The molecular weight excluding hydrogens is 260 g/mol. The summed E-state index contributed by atoms with van der Waals surface area (Å²) in [6.07, 6.45) is 2.11. The van der Waals surface area contributed by atoms with Gasteiger partial charge in [-0.1, -0.05) is 32.0 Å². The van der Waals surface area contributed by atoms with Gasteiger partial charge in [0.25, 0.3) is 0 Å². The number of aromatic nitrogens is 2. The summed E-state index contributed by atoms with van der Waals surface area (Å²) in [5.74, 6) is 0. The van der Waals surface area contributed by atoms with Crippen molar-refractivity contribution < 1.29 is 0 Å². The lowest BCUT2D eigenvalue weighted by molar-refractivity contribution is 0.251. The van der Waals surface area contributed by atoms with E-state index in [0.29, 0.717) is 0 Å². The molecule has 0 radical (unpaired) electrons. The first-order valence-corrected chi connectivity index (χ1v) is 7.71. The number of hydrogen-bond donors (Lipinski definition) is 1. The predicted octanol–water partition coefficient (Wildman–Crippen LogP) is 2.98. The van der Waals surface area contributed by atoms with Gasteiger partial charge in [-0.3, -0.25) is 9.58 Å². The lowest BCUT2D eigenvalue weighted by Gasteiger charge is -2.22. The van der Waals surface area contributed by atoms with E-state index in [0.717, 1.165) is 43.9 Å². The molecule has 0 saturated carbocycles. The molecule has 2 N–H and O–H groups in total. The van der Waals surface area contributed by atoms with Crippen molar-refractivity contribution in [1.29, 1.82) is 0 Å². The monoisotopic (exact) mass is 286 g/mol. The van der Waals surface area contributed by atoms with E-state index < -0.39 is 0 Å².